The van der Waals surface area contributed by atoms with Crippen molar-refractivity contribution in [1.29, 1.82) is 0 Å². The molecule has 2 aromatic rings. The second-order valence-corrected chi connectivity index (χ2v) is 5.27. The molecule has 1 aromatic heterocycles. The Kier molecular flexibility index (Phi) is 4.96. The van der Waals surface area contributed by atoms with Gasteiger partial charge in [-0.1, -0.05) is 29.0 Å². The smallest absolute Gasteiger partial charge is 0.329 e. The van der Waals surface area contributed by atoms with Crippen LogP contribution in [0.1, 0.15) is 20.4 Å². The van der Waals surface area contributed by atoms with Gasteiger partial charge in [0.25, 0.3) is 5.91 Å². The second kappa shape index (κ2) is 6.91. The minimum Gasteiger partial charge on any atom is -0.480 e. The highest BCUT2D eigenvalue weighted by Gasteiger charge is 2.13. The maximum Gasteiger partial charge on any atom is 0.329 e. The largest absolute Gasteiger partial charge is 0.480 e. The van der Waals surface area contributed by atoms with Crippen LogP contribution >= 0.6 is 11.3 Å². The molecule has 0 aliphatic heterocycles. The quantitative estimate of drug-likeness (QED) is 0.842. The van der Waals surface area contributed by atoms with Gasteiger partial charge in [0.05, 0.1) is 0 Å². The summed E-state index contributed by atoms with van der Waals surface area (Å²) in [5.74, 6) is -1.42. The van der Waals surface area contributed by atoms with Crippen molar-refractivity contribution in [2.45, 2.75) is 13.5 Å². The fraction of sp³-hybridized carbons (Fsp3) is 0.231. The number of carboxylic acid groups (broad SMARTS) is 1. The lowest BCUT2D eigenvalue weighted by Crippen LogP contribution is -2.11. The molecule has 0 fully saturated rings. The summed E-state index contributed by atoms with van der Waals surface area (Å²) < 4.78 is 4.88. The molecule has 0 aliphatic rings. The predicted octanol–water partition coefficient (Wildman–Crippen LogP) is 1.70. The number of nitrogens with zero attached hydrogens (tertiary/aromatic N) is 2. The summed E-state index contributed by atoms with van der Waals surface area (Å²) >= 11 is 1.06. The van der Waals surface area contributed by atoms with Gasteiger partial charge in [-0.15, -0.1) is 10.2 Å². The lowest BCUT2D eigenvalue weighted by atomic mass is 10.2. The zero-order valence-electron chi connectivity index (χ0n) is 11.2. The lowest BCUT2D eigenvalue weighted by molar-refractivity contribution is -0.142. The molecule has 0 bridgehead atoms. The van der Waals surface area contributed by atoms with Crippen LogP contribution in [0.2, 0.25) is 0 Å². The van der Waals surface area contributed by atoms with E-state index in [-0.39, 0.29) is 17.5 Å². The average Bonchev–Trinajstić information content (AvgIpc) is 2.90. The summed E-state index contributed by atoms with van der Waals surface area (Å²) in [7, 11) is 0. The van der Waals surface area contributed by atoms with Gasteiger partial charge in [0.1, 0.15) is 18.2 Å². The average molecular weight is 307 g/mol. The van der Waals surface area contributed by atoms with Crippen molar-refractivity contribution in [3.63, 3.8) is 0 Å². The number of aromatic nitrogens is 2. The molecule has 0 unspecified atom stereocenters. The Balaban J connectivity index is 1.92. The molecule has 7 nitrogen and oxygen atoms in total. The van der Waals surface area contributed by atoms with Crippen LogP contribution in [0.15, 0.2) is 24.3 Å². The number of hydrogen-bond donors (Lipinski definition) is 2. The SMILES string of the molecule is Cc1ccc(NC(=O)c2nnc(COCC(=O)O)s2)cc1. The Bertz CT molecular complexity index is 639. The van der Waals surface area contributed by atoms with Gasteiger partial charge in [-0.3, -0.25) is 4.79 Å². The van der Waals surface area contributed by atoms with Crippen LogP contribution in [0, 0.1) is 6.92 Å². The van der Waals surface area contributed by atoms with Gasteiger partial charge in [-0.05, 0) is 19.1 Å². The number of aliphatic carboxylic acids is 1. The molecule has 0 aliphatic carbocycles. The third-order valence-electron chi connectivity index (χ3n) is 2.42. The normalized spacial score (nSPS) is 10.3. The summed E-state index contributed by atoms with van der Waals surface area (Å²) in [6, 6.07) is 7.37. The Morgan fingerprint density at radius 2 is 2.00 bits per heavy atom. The number of aryl methyl sites for hydroxylation is 1. The molecule has 0 atom stereocenters. The molecule has 0 saturated carbocycles. The fourth-order valence-corrected chi connectivity index (χ4v) is 2.12. The molecule has 1 amide bonds. The monoisotopic (exact) mass is 307 g/mol. The number of anilines is 1. The lowest BCUT2D eigenvalue weighted by Gasteiger charge is -2.02. The number of hydrogen-bond acceptors (Lipinski definition) is 6. The van der Waals surface area contributed by atoms with Crippen molar-refractivity contribution >= 4 is 28.9 Å². The van der Waals surface area contributed by atoms with E-state index in [9.17, 15) is 9.59 Å². The predicted molar refractivity (Wildman–Crippen MR) is 76.3 cm³/mol. The van der Waals surface area contributed by atoms with Crippen molar-refractivity contribution in [1.82, 2.24) is 10.2 Å². The highest BCUT2D eigenvalue weighted by atomic mass is 32.1. The first-order chi connectivity index (χ1) is 10.0. The summed E-state index contributed by atoms with van der Waals surface area (Å²) in [5, 5.41) is 19.3. The first kappa shape index (κ1) is 15.1. The van der Waals surface area contributed by atoms with Crippen molar-refractivity contribution in [2.24, 2.45) is 0 Å². The molecule has 0 saturated heterocycles. The molecule has 8 heteroatoms. The number of carboxylic acids is 1. The van der Waals surface area contributed by atoms with Crippen molar-refractivity contribution in [2.75, 3.05) is 11.9 Å². The van der Waals surface area contributed by atoms with Gasteiger partial charge in [-0.2, -0.15) is 0 Å². The molecule has 1 aromatic carbocycles. The molecule has 0 radical (unpaired) electrons. The van der Waals surface area contributed by atoms with E-state index in [1.165, 1.54) is 0 Å². The first-order valence-electron chi connectivity index (χ1n) is 6.04. The van der Waals surface area contributed by atoms with Crippen LogP contribution in [-0.4, -0.2) is 33.8 Å². The number of amides is 1. The van der Waals surface area contributed by atoms with Crippen LogP contribution in [0.25, 0.3) is 0 Å². The van der Waals surface area contributed by atoms with Crippen molar-refractivity contribution < 1.29 is 19.4 Å². The standard InChI is InChI=1S/C13H13N3O4S/c1-8-2-4-9(5-3-8)14-12(19)13-16-15-10(21-13)6-20-7-11(17)18/h2-5H,6-7H2,1H3,(H,14,19)(H,17,18). The van der Waals surface area contributed by atoms with Gasteiger partial charge < -0.3 is 15.2 Å². The molecular weight excluding hydrogens is 294 g/mol. The van der Waals surface area contributed by atoms with E-state index in [1.807, 2.05) is 19.1 Å². The number of nitrogens with one attached hydrogen (secondary N) is 1. The number of benzene rings is 1. The zero-order chi connectivity index (χ0) is 15.2. The molecule has 21 heavy (non-hydrogen) atoms. The first-order valence-corrected chi connectivity index (χ1v) is 6.86. The maximum absolute atomic E-state index is 12.0. The second-order valence-electron chi connectivity index (χ2n) is 4.21. The third-order valence-corrected chi connectivity index (χ3v) is 3.32. The maximum atomic E-state index is 12.0. The van der Waals surface area contributed by atoms with Crippen molar-refractivity contribution in [3.8, 4) is 0 Å². The van der Waals surface area contributed by atoms with Crippen LogP contribution < -0.4 is 5.32 Å². The van der Waals surface area contributed by atoms with E-state index in [4.69, 9.17) is 9.84 Å². The Labute approximate surface area is 124 Å². The summed E-state index contributed by atoms with van der Waals surface area (Å²) in [6.07, 6.45) is 0. The molecule has 1 heterocycles. The molecule has 2 N–H and O–H groups in total. The topological polar surface area (TPSA) is 101 Å². The van der Waals surface area contributed by atoms with Gasteiger partial charge in [0.15, 0.2) is 0 Å². The van der Waals surface area contributed by atoms with Gasteiger partial charge in [0, 0.05) is 5.69 Å². The van der Waals surface area contributed by atoms with Crippen molar-refractivity contribution in [3.05, 3.63) is 39.8 Å². The number of carbonyl (C=O) groups is 2. The highest BCUT2D eigenvalue weighted by molar-refractivity contribution is 7.13. The van der Waals surface area contributed by atoms with E-state index in [0.29, 0.717) is 10.7 Å². The molecule has 0 spiro atoms. The van der Waals surface area contributed by atoms with Gasteiger partial charge in [-0.25, -0.2) is 4.79 Å². The number of carbonyl (C=O) groups excluding carboxylic acids is 1. The molecular formula is C13H13N3O4S. The molecule has 2 rings (SSSR count). The summed E-state index contributed by atoms with van der Waals surface area (Å²) in [6.45, 7) is 1.56. The van der Waals surface area contributed by atoms with E-state index < -0.39 is 12.6 Å². The van der Waals surface area contributed by atoms with Gasteiger partial charge >= 0.3 is 5.97 Å². The number of ether oxygens (including phenoxy) is 1. The minimum absolute atomic E-state index is 0.0157. The Morgan fingerprint density at radius 3 is 2.67 bits per heavy atom. The summed E-state index contributed by atoms with van der Waals surface area (Å²) in [5.41, 5.74) is 1.77. The van der Waals surface area contributed by atoms with Crippen LogP contribution in [0.5, 0.6) is 0 Å². The van der Waals surface area contributed by atoms with Crippen LogP contribution in [0.3, 0.4) is 0 Å². The van der Waals surface area contributed by atoms with E-state index in [2.05, 4.69) is 15.5 Å². The minimum atomic E-state index is -1.06. The fourth-order valence-electron chi connectivity index (χ4n) is 1.45. The molecule has 110 valence electrons. The van der Waals surface area contributed by atoms with E-state index >= 15 is 0 Å². The summed E-state index contributed by atoms with van der Waals surface area (Å²) in [4.78, 5) is 22.3. The highest BCUT2D eigenvalue weighted by Crippen LogP contribution is 2.14. The van der Waals surface area contributed by atoms with Crippen LogP contribution in [0.4, 0.5) is 5.69 Å². The van der Waals surface area contributed by atoms with Crippen LogP contribution in [-0.2, 0) is 16.1 Å². The Hall–Kier alpha value is -2.32. The number of rotatable bonds is 6. The van der Waals surface area contributed by atoms with Gasteiger partial charge in [0.2, 0.25) is 5.01 Å². The Morgan fingerprint density at radius 1 is 1.29 bits per heavy atom. The third kappa shape index (κ3) is 4.62. The van der Waals surface area contributed by atoms with E-state index in [1.54, 1.807) is 12.1 Å². The zero-order valence-corrected chi connectivity index (χ0v) is 12.0. The van der Waals surface area contributed by atoms with E-state index in [0.717, 1.165) is 16.9 Å².